The number of ether oxygens (including phenoxy) is 1. The van der Waals surface area contributed by atoms with E-state index in [2.05, 4.69) is 5.32 Å². The van der Waals surface area contributed by atoms with Gasteiger partial charge in [-0.3, -0.25) is 9.59 Å². The largest absolute Gasteiger partial charge is 0.414 e. The quantitative estimate of drug-likeness (QED) is 0.674. The van der Waals surface area contributed by atoms with E-state index in [-0.39, 0.29) is 23.8 Å². The minimum absolute atomic E-state index is 0.0311. The molecule has 0 bridgehead atoms. The third-order valence-corrected chi connectivity index (χ3v) is 5.98. The van der Waals surface area contributed by atoms with Crippen molar-refractivity contribution in [3.8, 4) is 5.75 Å². The fourth-order valence-corrected chi connectivity index (χ4v) is 3.79. The molecule has 8 heteroatoms. The summed E-state index contributed by atoms with van der Waals surface area (Å²) in [6, 6.07) is 6.69. The van der Waals surface area contributed by atoms with Crippen molar-refractivity contribution in [2.75, 3.05) is 34.2 Å². The second-order valence-corrected chi connectivity index (χ2v) is 8.37. The van der Waals surface area contributed by atoms with Crippen LogP contribution in [0.2, 0.25) is 5.02 Å². The number of amides is 3. The van der Waals surface area contributed by atoms with Gasteiger partial charge in [0.25, 0.3) is 0 Å². The van der Waals surface area contributed by atoms with Crippen molar-refractivity contribution in [2.45, 2.75) is 38.5 Å². The van der Waals surface area contributed by atoms with Gasteiger partial charge in [-0.2, -0.15) is 0 Å². The van der Waals surface area contributed by atoms with E-state index in [0.717, 1.165) is 32.1 Å². The third-order valence-electron chi connectivity index (χ3n) is 5.73. The van der Waals surface area contributed by atoms with E-state index in [1.807, 2.05) is 0 Å². The van der Waals surface area contributed by atoms with E-state index in [0.29, 0.717) is 36.2 Å². The molecule has 1 fully saturated rings. The van der Waals surface area contributed by atoms with E-state index in [4.69, 9.17) is 16.3 Å². The minimum atomic E-state index is -0.390. The van der Waals surface area contributed by atoms with E-state index < -0.39 is 0 Å². The Morgan fingerprint density at radius 1 is 1.03 bits per heavy atom. The lowest BCUT2D eigenvalue weighted by atomic mass is 9.80. The molecule has 7 nitrogen and oxygen atoms in total. The molecule has 166 valence electrons. The van der Waals surface area contributed by atoms with Crippen molar-refractivity contribution in [1.82, 2.24) is 15.1 Å². The SMILES string of the molecule is CNC(=O)CCN(C)C(=O)[C@H]1CC[C@H](CCN(C)C(=O)Oc2ccc(Cl)cc2)CC1. The number of carbonyl (C=O) groups excluding carboxylic acids is 3. The first-order valence-corrected chi connectivity index (χ1v) is 10.8. The molecule has 1 aliphatic carbocycles. The Hall–Kier alpha value is -2.28. The Morgan fingerprint density at radius 2 is 1.67 bits per heavy atom. The summed E-state index contributed by atoms with van der Waals surface area (Å²) in [5.74, 6) is 1.06. The molecule has 1 N–H and O–H groups in total. The zero-order chi connectivity index (χ0) is 22.1. The van der Waals surface area contributed by atoms with Crippen molar-refractivity contribution in [1.29, 1.82) is 0 Å². The lowest BCUT2D eigenvalue weighted by Gasteiger charge is -2.31. The highest BCUT2D eigenvalue weighted by atomic mass is 35.5. The summed E-state index contributed by atoms with van der Waals surface area (Å²) in [4.78, 5) is 39.4. The molecule has 1 aromatic carbocycles. The Kier molecular flexibility index (Phi) is 9.43. The van der Waals surface area contributed by atoms with Gasteiger partial charge in [0.05, 0.1) is 0 Å². The number of carbonyl (C=O) groups is 3. The van der Waals surface area contributed by atoms with E-state index in [1.165, 1.54) is 0 Å². The Balaban J connectivity index is 1.68. The molecule has 0 unspecified atom stereocenters. The average Bonchev–Trinajstić information content (AvgIpc) is 2.76. The monoisotopic (exact) mass is 437 g/mol. The topological polar surface area (TPSA) is 79.0 Å². The predicted octanol–water partition coefficient (Wildman–Crippen LogP) is 3.56. The highest BCUT2D eigenvalue weighted by molar-refractivity contribution is 6.30. The van der Waals surface area contributed by atoms with E-state index >= 15 is 0 Å². The highest BCUT2D eigenvalue weighted by Gasteiger charge is 2.28. The van der Waals surface area contributed by atoms with Gasteiger partial charge in [0.1, 0.15) is 5.75 Å². The number of benzene rings is 1. The number of rotatable bonds is 8. The summed E-state index contributed by atoms with van der Waals surface area (Å²) in [7, 11) is 5.09. The molecule has 0 heterocycles. The molecule has 2 rings (SSSR count). The van der Waals surface area contributed by atoms with Crippen LogP contribution in [0.4, 0.5) is 4.79 Å². The van der Waals surface area contributed by atoms with E-state index in [1.54, 1.807) is 55.2 Å². The van der Waals surface area contributed by atoms with Gasteiger partial charge in [-0.1, -0.05) is 11.6 Å². The summed E-state index contributed by atoms with van der Waals surface area (Å²) in [5, 5.41) is 3.16. The standard InChI is InChI=1S/C22H32ClN3O4/c1-24-20(27)13-15-25(2)21(28)17-6-4-16(5-7-17)12-14-26(3)22(29)30-19-10-8-18(23)9-11-19/h8-11,16-17H,4-7,12-15H2,1-3H3,(H,24,27)/t16-,17-. The first kappa shape index (κ1) is 24.0. The molecule has 0 aromatic heterocycles. The summed E-state index contributed by atoms with van der Waals surface area (Å²) in [6.45, 7) is 1.06. The molecule has 0 aliphatic heterocycles. The molecule has 3 amide bonds. The van der Waals surface area contributed by atoms with Crippen LogP contribution in [0.25, 0.3) is 0 Å². The molecule has 0 spiro atoms. The molecule has 1 aliphatic rings. The maximum atomic E-state index is 12.6. The first-order valence-electron chi connectivity index (χ1n) is 10.4. The molecule has 0 saturated heterocycles. The fraction of sp³-hybridized carbons (Fsp3) is 0.591. The van der Waals surface area contributed by atoms with Crippen LogP contribution < -0.4 is 10.1 Å². The van der Waals surface area contributed by atoms with Crippen LogP contribution in [0, 0.1) is 11.8 Å². The second kappa shape index (κ2) is 11.8. The maximum absolute atomic E-state index is 12.6. The van der Waals surface area contributed by atoms with E-state index in [9.17, 15) is 14.4 Å². The van der Waals surface area contributed by atoms with Crippen molar-refractivity contribution in [2.24, 2.45) is 11.8 Å². The van der Waals surface area contributed by atoms with Crippen molar-refractivity contribution >= 4 is 29.5 Å². The second-order valence-electron chi connectivity index (χ2n) is 7.93. The Morgan fingerprint density at radius 3 is 2.27 bits per heavy atom. The number of hydrogen-bond donors (Lipinski definition) is 1. The number of halogens is 1. The van der Waals surface area contributed by atoms with Crippen LogP contribution in [-0.4, -0.2) is 61.9 Å². The van der Waals surface area contributed by atoms with Crippen LogP contribution in [0.3, 0.4) is 0 Å². The molecular weight excluding hydrogens is 406 g/mol. The lowest BCUT2D eigenvalue weighted by Crippen LogP contribution is -2.37. The van der Waals surface area contributed by atoms with Gasteiger partial charge in [-0.05, 0) is 62.3 Å². The van der Waals surface area contributed by atoms with Gasteiger partial charge in [0, 0.05) is 51.6 Å². The Bertz CT molecular complexity index is 718. The Labute approximate surface area is 183 Å². The lowest BCUT2D eigenvalue weighted by molar-refractivity contribution is -0.136. The third kappa shape index (κ3) is 7.52. The maximum Gasteiger partial charge on any atom is 0.414 e. The van der Waals surface area contributed by atoms with Crippen molar-refractivity contribution in [3.05, 3.63) is 29.3 Å². The highest BCUT2D eigenvalue weighted by Crippen LogP contribution is 2.32. The van der Waals surface area contributed by atoms with Crippen LogP contribution in [0.1, 0.15) is 38.5 Å². The minimum Gasteiger partial charge on any atom is -0.410 e. The van der Waals surface area contributed by atoms with Crippen LogP contribution in [0.15, 0.2) is 24.3 Å². The molecule has 0 radical (unpaired) electrons. The van der Waals surface area contributed by atoms with Crippen LogP contribution in [-0.2, 0) is 9.59 Å². The summed E-state index contributed by atoms with van der Waals surface area (Å²) in [5.41, 5.74) is 0. The smallest absolute Gasteiger partial charge is 0.410 e. The summed E-state index contributed by atoms with van der Waals surface area (Å²) in [6.07, 6.45) is 4.48. The fourth-order valence-electron chi connectivity index (χ4n) is 3.66. The van der Waals surface area contributed by atoms with Crippen molar-refractivity contribution < 1.29 is 19.1 Å². The number of hydrogen-bond acceptors (Lipinski definition) is 4. The summed E-state index contributed by atoms with van der Waals surface area (Å²) >= 11 is 5.84. The van der Waals surface area contributed by atoms with Crippen molar-refractivity contribution in [3.63, 3.8) is 0 Å². The average molecular weight is 438 g/mol. The molecular formula is C22H32ClN3O4. The van der Waals surface area contributed by atoms with Gasteiger partial charge < -0.3 is 19.9 Å². The summed E-state index contributed by atoms with van der Waals surface area (Å²) < 4.78 is 5.34. The van der Waals surface area contributed by atoms with Gasteiger partial charge in [0.2, 0.25) is 11.8 Å². The zero-order valence-electron chi connectivity index (χ0n) is 18.0. The number of nitrogens with zero attached hydrogens (tertiary/aromatic N) is 2. The molecule has 30 heavy (non-hydrogen) atoms. The van der Waals surface area contributed by atoms with Gasteiger partial charge >= 0.3 is 6.09 Å². The molecule has 1 saturated carbocycles. The zero-order valence-corrected chi connectivity index (χ0v) is 18.8. The van der Waals surface area contributed by atoms with Gasteiger partial charge in [-0.25, -0.2) is 4.79 Å². The first-order chi connectivity index (χ1) is 14.3. The predicted molar refractivity (Wildman–Crippen MR) is 116 cm³/mol. The molecule has 1 aromatic rings. The van der Waals surface area contributed by atoms with Gasteiger partial charge in [0.15, 0.2) is 0 Å². The number of nitrogens with one attached hydrogen (secondary N) is 1. The van der Waals surface area contributed by atoms with Crippen LogP contribution in [0.5, 0.6) is 5.75 Å². The normalized spacial score (nSPS) is 18.4. The molecule has 0 atom stereocenters. The van der Waals surface area contributed by atoms with Crippen LogP contribution >= 0.6 is 11.6 Å². The van der Waals surface area contributed by atoms with Gasteiger partial charge in [-0.15, -0.1) is 0 Å².